The van der Waals surface area contributed by atoms with E-state index in [0.29, 0.717) is 121 Å². The number of halogens is 4. The number of carboxylic acid groups (broad SMARTS) is 4. The summed E-state index contributed by atoms with van der Waals surface area (Å²) < 4.78 is 58.3. The maximum absolute atomic E-state index is 14.7. The van der Waals surface area contributed by atoms with Crippen LogP contribution in [0.1, 0.15) is 188 Å². The monoisotopic (exact) mass is 1830 g/mol. The summed E-state index contributed by atoms with van der Waals surface area (Å²) >= 11 is 0. The first-order valence-corrected chi connectivity index (χ1v) is 46.3. The summed E-state index contributed by atoms with van der Waals surface area (Å²) in [6, 6.07) is 43.1. The first-order chi connectivity index (χ1) is 65.3. The number of H-pyrrole nitrogens is 12. The molecule has 0 saturated carbocycles. The minimum atomic E-state index is -1.08. The third kappa shape index (κ3) is 17.6. The molecule has 0 radical (unpaired) electrons. The summed E-state index contributed by atoms with van der Waals surface area (Å²) in [5, 5.41) is 57.8. The van der Waals surface area contributed by atoms with Gasteiger partial charge >= 0.3 is 23.9 Å². The van der Waals surface area contributed by atoms with Crippen molar-refractivity contribution in [1.29, 1.82) is 0 Å². The van der Waals surface area contributed by atoms with Gasteiger partial charge in [-0.05, 0) is 258 Å². The van der Waals surface area contributed by atoms with E-state index in [9.17, 15) is 62.3 Å². The topological polar surface area (TPSA) is 359 Å². The molecule has 21 nitrogen and oxygen atoms in total. The fraction of sp³-hybridized carbons (Fsp3) is 0.243. The van der Waals surface area contributed by atoms with Crippen molar-refractivity contribution in [3.05, 3.63) is 285 Å². The van der Waals surface area contributed by atoms with Crippen molar-refractivity contribution in [2.24, 2.45) is 23.7 Å². The molecule has 12 aromatic heterocycles. The van der Waals surface area contributed by atoms with E-state index in [1.807, 2.05) is 118 Å². The Kier molecular flexibility index (Phi) is 25.9. The van der Waals surface area contributed by atoms with Crippen molar-refractivity contribution in [2.45, 2.75) is 147 Å². The molecule has 0 bridgehead atoms. The van der Waals surface area contributed by atoms with Crippen molar-refractivity contribution in [3.8, 4) is 89.5 Å². The molecule has 0 aliphatic heterocycles. The van der Waals surface area contributed by atoms with Crippen LogP contribution in [-0.4, -0.2) is 116 Å². The van der Waals surface area contributed by atoms with E-state index in [4.69, 9.17) is 0 Å². The first-order valence-electron chi connectivity index (χ1n) is 46.3. The molecule has 0 fully saturated rings. The highest BCUT2D eigenvalue weighted by Crippen LogP contribution is 2.50. The van der Waals surface area contributed by atoms with E-state index in [-0.39, 0.29) is 70.5 Å². The van der Waals surface area contributed by atoms with Crippen molar-refractivity contribution >= 4 is 111 Å². The summed E-state index contributed by atoms with van der Waals surface area (Å²) in [4.78, 5) is 88.4. The van der Waals surface area contributed by atoms with Crippen LogP contribution in [-0.2, 0) is 44.9 Å². The second kappa shape index (κ2) is 38.0. The highest BCUT2D eigenvalue weighted by Gasteiger charge is 2.34. The fourth-order valence-corrected chi connectivity index (χ4v) is 20.1. The van der Waals surface area contributed by atoms with Crippen LogP contribution >= 0.6 is 0 Å². The van der Waals surface area contributed by atoms with Gasteiger partial charge in [-0.15, -0.1) is 0 Å². The van der Waals surface area contributed by atoms with E-state index >= 15 is 0 Å². The number of aromatic amines is 12. The number of aliphatic hydroxyl groups is 1. The molecule has 17 N–H and O–H groups in total. The molecular formula is C111H110F4N12O9. The standard InChI is InChI=1S/C30H32FN3O2.C28H28FN3O2.C27H26FN3O3.C26H24FN3O2/c1-16(2)8-9-18-15-33-24-7-5-6-21(26(18)24)27-23(12-17(3)4)28(34-29(27)30(35)36)22-13-19(31)14-25-20(22)10-11-32-25;1-5-16-13-31-23-10-15(4)9-20(24(16)23)25-21(8-14(2)3)26(32-27(25)28(33)34)19-11-17(29)12-22-18(19)6-7-30-22;1-14(2)10-20-24(18-4-3-5-21-23(18)15(7-9-32)13-30-21)26(27(33)34)31-25(20)19-11-16(28)12-22-17(19)6-8-29-22;1-4-15-12-18-17(6-5-7-20(18)29-15)23-22(13(2)3)24(30-25(23)26(31)32)19-10-14(27)11-21-16(19)8-9-28-21/h5-7,10-11,13-17,32-34H,8-9,12H2,1-4H3,(H,35,36);6-7,9-14,30-32H,5,8H2,1-4H3,(H,33,34);3-6,8,11-14,29-32H,7,9-10H2,1-2H3,(H,33,34);5-13,28-30H,4H2,1-3H3,(H,31,32). The Morgan fingerprint density at radius 3 is 1.07 bits per heavy atom. The van der Waals surface area contributed by atoms with Crippen LogP contribution < -0.4 is 0 Å². The predicted molar refractivity (Wildman–Crippen MR) is 536 cm³/mol. The van der Waals surface area contributed by atoms with Crippen LogP contribution in [0.15, 0.2) is 189 Å². The van der Waals surface area contributed by atoms with Gasteiger partial charge in [0.05, 0.1) is 22.8 Å². The van der Waals surface area contributed by atoms with Gasteiger partial charge in [-0.3, -0.25) is 0 Å². The quantitative estimate of drug-likeness (QED) is 0.0229. The number of aromatic carboxylic acids is 4. The van der Waals surface area contributed by atoms with Crippen LogP contribution in [0.4, 0.5) is 17.6 Å². The zero-order valence-corrected chi connectivity index (χ0v) is 78.0. The lowest BCUT2D eigenvalue weighted by Crippen LogP contribution is -2.02. The number of fused-ring (bicyclic) bond motifs is 8. The number of rotatable bonds is 26. The van der Waals surface area contributed by atoms with E-state index < -0.39 is 29.7 Å². The lowest BCUT2D eigenvalue weighted by Gasteiger charge is -2.14. The number of aromatic nitrogens is 12. The summed E-state index contributed by atoms with van der Waals surface area (Å²) in [5.74, 6) is -4.37. The number of carboxylic acids is 4. The lowest BCUT2D eigenvalue weighted by molar-refractivity contribution is 0.0681. The molecule has 696 valence electrons. The molecule has 12 heterocycles. The Morgan fingerprint density at radius 1 is 0.331 bits per heavy atom. The van der Waals surface area contributed by atoms with Gasteiger partial charge in [-0.2, -0.15) is 0 Å². The number of hydrogen-bond acceptors (Lipinski definition) is 5. The van der Waals surface area contributed by atoms with Gasteiger partial charge in [-0.1, -0.05) is 126 Å². The molecule has 0 saturated heterocycles. The largest absolute Gasteiger partial charge is 0.477 e. The Hall–Kier alpha value is -15.2. The molecule has 25 heteroatoms. The second-order valence-electron chi connectivity index (χ2n) is 37.4. The third-order valence-corrected chi connectivity index (χ3v) is 25.7. The number of carbonyl (C=O) groups is 4. The number of nitrogens with one attached hydrogen (secondary N) is 12. The Bertz CT molecular complexity index is 7980. The summed E-state index contributed by atoms with van der Waals surface area (Å²) in [6.45, 7) is 27.2. The van der Waals surface area contributed by atoms with Gasteiger partial charge in [0, 0.05) is 187 Å². The predicted octanol–water partition coefficient (Wildman–Crippen LogP) is 27.9. The van der Waals surface area contributed by atoms with Gasteiger partial charge in [0.2, 0.25) is 0 Å². The zero-order valence-electron chi connectivity index (χ0n) is 78.0. The summed E-state index contributed by atoms with van der Waals surface area (Å²) in [7, 11) is 0. The summed E-state index contributed by atoms with van der Waals surface area (Å²) in [5.41, 5.74) is 27.0. The van der Waals surface area contributed by atoms with Crippen molar-refractivity contribution in [1.82, 2.24) is 59.8 Å². The molecule has 136 heavy (non-hydrogen) atoms. The normalized spacial score (nSPS) is 11.8. The molecule has 20 rings (SSSR count). The molecule has 20 aromatic rings. The number of benzene rings is 8. The smallest absolute Gasteiger partial charge is 0.352 e. The Labute approximate surface area is 781 Å². The molecule has 0 amide bonds. The minimum Gasteiger partial charge on any atom is -0.477 e. The number of hydrogen-bond donors (Lipinski definition) is 17. The maximum Gasteiger partial charge on any atom is 0.352 e. The van der Waals surface area contributed by atoms with Crippen molar-refractivity contribution in [3.63, 3.8) is 0 Å². The Balaban J connectivity index is 0.000000126. The van der Waals surface area contributed by atoms with E-state index in [2.05, 4.69) is 147 Å². The van der Waals surface area contributed by atoms with Crippen LogP contribution in [0.3, 0.4) is 0 Å². The molecule has 0 atom stereocenters. The highest BCUT2D eigenvalue weighted by molar-refractivity contribution is 6.13. The van der Waals surface area contributed by atoms with Gasteiger partial charge in [0.15, 0.2) is 0 Å². The molecule has 0 unspecified atom stereocenters. The van der Waals surface area contributed by atoms with Crippen molar-refractivity contribution in [2.75, 3.05) is 6.61 Å². The fourth-order valence-electron chi connectivity index (χ4n) is 20.1. The second-order valence-corrected chi connectivity index (χ2v) is 37.4. The third-order valence-electron chi connectivity index (χ3n) is 25.7. The Morgan fingerprint density at radius 2 is 0.691 bits per heavy atom. The van der Waals surface area contributed by atoms with E-state index in [0.717, 1.165) is 158 Å². The highest BCUT2D eigenvalue weighted by atomic mass is 19.1. The van der Waals surface area contributed by atoms with Crippen LogP contribution in [0.2, 0.25) is 0 Å². The van der Waals surface area contributed by atoms with Crippen LogP contribution in [0, 0.1) is 53.9 Å². The van der Waals surface area contributed by atoms with Gasteiger partial charge in [0.25, 0.3) is 0 Å². The van der Waals surface area contributed by atoms with Gasteiger partial charge < -0.3 is 85.3 Å². The van der Waals surface area contributed by atoms with Gasteiger partial charge in [0.1, 0.15) is 46.0 Å². The summed E-state index contributed by atoms with van der Waals surface area (Å²) in [6.07, 6.45) is 18.9. The van der Waals surface area contributed by atoms with E-state index in [1.54, 1.807) is 24.8 Å². The maximum atomic E-state index is 14.7. The molecule has 0 aliphatic carbocycles. The van der Waals surface area contributed by atoms with Crippen LogP contribution in [0.5, 0.6) is 0 Å². The van der Waals surface area contributed by atoms with Crippen LogP contribution in [0.25, 0.3) is 177 Å². The first kappa shape index (κ1) is 92.6. The SMILES string of the molecule is CC(C)CCc1c[nH]c2cccc(-c3c(C(=O)O)[nH]c(-c4cc(F)cc5[nH]ccc45)c3CC(C)C)c12.CC(C)Cc1c(-c2cc(F)cc3[nH]ccc23)[nH]c(C(=O)O)c1-c1cccc2[nH]cc(CCO)c12.CCc1c[nH]c2cc(C)cc(-c3c(C(=O)O)[nH]c(-c4cc(F)cc5[nH]ccc45)c3CC(C)C)c12.CCc1cc2c(-c3c(C(=O)O)[nH]c(-c4cc(F)cc5[nH]ccc45)c3C(C)C)cccc2[nH]1. The average Bonchev–Trinajstić information content (AvgIpc) is 1.60. The minimum absolute atomic E-state index is 0.00135. The number of aryl methyl sites for hydroxylation is 4. The molecule has 8 aromatic carbocycles. The lowest BCUT2D eigenvalue weighted by atomic mass is 9.88. The molecule has 0 aliphatic rings. The molecule has 0 spiro atoms. The average molecular weight is 1830 g/mol. The molecular weight excluding hydrogens is 1720 g/mol. The van der Waals surface area contributed by atoms with E-state index in [1.165, 1.54) is 54.1 Å². The zero-order chi connectivity index (χ0) is 96.3. The number of aliphatic hydroxyl groups excluding tert-OH is 1. The van der Waals surface area contributed by atoms with Crippen molar-refractivity contribution < 1.29 is 62.3 Å². The van der Waals surface area contributed by atoms with Gasteiger partial charge in [-0.25, -0.2) is 36.7 Å².